The van der Waals surface area contributed by atoms with Crippen molar-refractivity contribution in [1.82, 2.24) is 10.2 Å². The van der Waals surface area contributed by atoms with Gasteiger partial charge in [-0.25, -0.2) is 0 Å². The summed E-state index contributed by atoms with van der Waals surface area (Å²) in [4.78, 5) is 25.8. The summed E-state index contributed by atoms with van der Waals surface area (Å²) in [5, 5.41) is 2.76. The quantitative estimate of drug-likeness (QED) is 0.898. The van der Waals surface area contributed by atoms with Crippen molar-refractivity contribution < 1.29 is 19.1 Å². The number of nitrogens with zero attached hydrogens (tertiary/aromatic N) is 1. The van der Waals surface area contributed by atoms with Crippen LogP contribution in [0.5, 0.6) is 11.5 Å². The van der Waals surface area contributed by atoms with Crippen molar-refractivity contribution in [2.75, 3.05) is 27.8 Å². The first-order valence-electron chi connectivity index (χ1n) is 6.76. The molecule has 1 unspecified atom stereocenters. The van der Waals surface area contributed by atoms with E-state index in [9.17, 15) is 9.59 Å². The van der Waals surface area contributed by atoms with Gasteiger partial charge < -0.3 is 19.7 Å². The minimum Gasteiger partial charge on any atom is -0.496 e. The van der Waals surface area contributed by atoms with Crippen molar-refractivity contribution in [3.8, 4) is 11.5 Å². The summed E-state index contributed by atoms with van der Waals surface area (Å²) in [6.07, 6.45) is 0.626. The third-order valence-electron chi connectivity index (χ3n) is 3.75. The second-order valence-electron chi connectivity index (χ2n) is 5.08. The molecule has 0 bridgehead atoms. The number of likely N-dealkylation sites (tertiary alicyclic amines) is 1. The summed E-state index contributed by atoms with van der Waals surface area (Å²) in [5.41, 5.74) is 1.24. The highest BCUT2D eigenvalue weighted by Crippen LogP contribution is 2.29. The Labute approximate surface area is 124 Å². The molecule has 0 radical (unpaired) electrons. The molecule has 0 spiro atoms. The second kappa shape index (κ2) is 6.03. The maximum atomic E-state index is 12.3. The van der Waals surface area contributed by atoms with E-state index < -0.39 is 6.04 Å². The average Bonchev–Trinajstić information content (AvgIpc) is 2.79. The molecule has 1 N–H and O–H groups in total. The van der Waals surface area contributed by atoms with Crippen LogP contribution in [-0.4, -0.2) is 50.6 Å². The second-order valence-corrected chi connectivity index (χ2v) is 5.08. The van der Waals surface area contributed by atoms with Gasteiger partial charge in [0, 0.05) is 24.7 Å². The standard InChI is InChI=1S/C15H20N2O4/c1-9-12(20-3)7-10(8-13(9)21-4)14(18)16-11-5-6-17(2)15(11)19/h7-8,11H,5-6H2,1-4H3,(H,16,18). The van der Waals surface area contributed by atoms with Crippen molar-refractivity contribution in [3.63, 3.8) is 0 Å². The summed E-state index contributed by atoms with van der Waals surface area (Å²) in [7, 11) is 4.81. The van der Waals surface area contributed by atoms with Gasteiger partial charge in [-0.15, -0.1) is 0 Å². The van der Waals surface area contributed by atoms with Crippen LogP contribution >= 0.6 is 0 Å². The van der Waals surface area contributed by atoms with Crippen molar-refractivity contribution in [3.05, 3.63) is 23.3 Å². The minimum atomic E-state index is -0.458. The van der Waals surface area contributed by atoms with Gasteiger partial charge in [0.05, 0.1) is 14.2 Å². The Morgan fingerprint density at radius 2 is 1.86 bits per heavy atom. The lowest BCUT2D eigenvalue weighted by molar-refractivity contribution is -0.128. The van der Waals surface area contributed by atoms with Crippen LogP contribution in [0.4, 0.5) is 0 Å². The fourth-order valence-electron chi connectivity index (χ4n) is 2.42. The zero-order valence-corrected chi connectivity index (χ0v) is 12.7. The Bertz CT molecular complexity index is 546. The number of carbonyl (C=O) groups is 2. The van der Waals surface area contributed by atoms with Crippen LogP contribution in [0.1, 0.15) is 22.3 Å². The highest BCUT2D eigenvalue weighted by atomic mass is 16.5. The van der Waals surface area contributed by atoms with Crippen molar-refractivity contribution in [2.45, 2.75) is 19.4 Å². The smallest absolute Gasteiger partial charge is 0.252 e. The summed E-state index contributed by atoms with van der Waals surface area (Å²) in [6.45, 7) is 2.51. The Balaban J connectivity index is 2.21. The molecule has 6 nitrogen and oxygen atoms in total. The van der Waals surface area contributed by atoms with Crippen LogP contribution in [0.3, 0.4) is 0 Å². The molecule has 1 aliphatic heterocycles. The van der Waals surface area contributed by atoms with E-state index in [0.29, 0.717) is 30.0 Å². The topological polar surface area (TPSA) is 67.9 Å². The zero-order valence-electron chi connectivity index (χ0n) is 12.7. The molecular weight excluding hydrogens is 272 g/mol. The van der Waals surface area contributed by atoms with Crippen LogP contribution in [0.15, 0.2) is 12.1 Å². The highest BCUT2D eigenvalue weighted by molar-refractivity contribution is 5.98. The molecular formula is C15H20N2O4. The van der Waals surface area contributed by atoms with Crippen LogP contribution in [-0.2, 0) is 4.79 Å². The first-order chi connectivity index (χ1) is 9.97. The number of likely N-dealkylation sites (N-methyl/N-ethyl adjacent to an activating group) is 1. The van der Waals surface area contributed by atoms with Gasteiger partial charge in [-0.3, -0.25) is 9.59 Å². The Morgan fingerprint density at radius 1 is 1.29 bits per heavy atom. The van der Waals surface area contributed by atoms with Crippen molar-refractivity contribution in [2.24, 2.45) is 0 Å². The predicted molar refractivity (Wildman–Crippen MR) is 77.8 cm³/mol. The lowest BCUT2D eigenvalue weighted by atomic mass is 10.1. The van der Waals surface area contributed by atoms with Gasteiger partial charge in [0.1, 0.15) is 17.5 Å². The number of benzene rings is 1. The molecule has 21 heavy (non-hydrogen) atoms. The molecule has 1 heterocycles. The monoisotopic (exact) mass is 292 g/mol. The fourth-order valence-corrected chi connectivity index (χ4v) is 2.42. The van der Waals surface area contributed by atoms with E-state index in [1.165, 1.54) is 0 Å². The first kappa shape index (κ1) is 15.2. The van der Waals surface area contributed by atoms with Gasteiger partial charge in [-0.1, -0.05) is 0 Å². The van der Waals surface area contributed by atoms with Gasteiger partial charge in [-0.2, -0.15) is 0 Å². The van der Waals surface area contributed by atoms with Crippen molar-refractivity contribution in [1.29, 1.82) is 0 Å². The molecule has 1 atom stereocenters. The van der Waals surface area contributed by atoms with Gasteiger partial charge in [0.15, 0.2) is 0 Å². The molecule has 1 fully saturated rings. The molecule has 2 amide bonds. The number of ether oxygens (including phenoxy) is 2. The third-order valence-corrected chi connectivity index (χ3v) is 3.75. The molecule has 0 saturated carbocycles. The molecule has 1 aliphatic rings. The SMILES string of the molecule is COc1cc(C(=O)NC2CCN(C)C2=O)cc(OC)c1C. The summed E-state index contributed by atoms with van der Waals surface area (Å²) < 4.78 is 10.5. The minimum absolute atomic E-state index is 0.0607. The van der Waals surface area contributed by atoms with E-state index in [4.69, 9.17) is 9.47 Å². The van der Waals surface area contributed by atoms with Gasteiger partial charge in [0.2, 0.25) is 5.91 Å². The van der Waals surface area contributed by atoms with E-state index in [0.717, 1.165) is 5.56 Å². The number of nitrogens with one attached hydrogen (secondary N) is 1. The molecule has 0 aromatic heterocycles. The fraction of sp³-hybridized carbons (Fsp3) is 0.467. The van der Waals surface area contributed by atoms with E-state index in [2.05, 4.69) is 5.32 Å². The van der Waals surface area contributed by atoms with E-state index >= 15 is 0 Å². The van der Waals surface area contributed by atoms with E-state index in [-0.39, 0.29) is 11.8 Å². The summed E-state index contributed by atoms with van der Waals surface area (Å²) in [5.74, 6) is 0.790. The predicted octanol–water partition coefficient (Wildman–Crippen LogP) is 0.973. The average molecular weight is 292 g/mol. The Hall–Kier alpha value is -2.24. The Morgan fingerprint density at radius 3 is 2.29 bits per heavy atom. The maximum Gasteiger partial charge on any atom is 0.252 e. The number of methoxy groups -OCH3 is 2. The largest absolute Gasteiger partial charge is 0.496 e. The number of hydrogen-bond donors (Lipinski definition) is 1. The van der Waals surface area contributed by atoms with Crippen molar-refractivity contribution >= 4 is 11.8 Å². The van der Waals surface area contributed by atoms with Crippen LogP contribution < -0.4 is 14.8 Å². The molecule has 2 rings (SSSR count). The van der Waals surface area contributed by atoms with E-state index in [1.807, 2.05) is 6.92 Å². The molecule has 1 aromatic rings. The van der Waals surface area contributed by atoms with Gasteiger partial charge in [-0.05, 0) is 25.5 Å². The highest BCUT2D eigenvalue weighted by Gasteiger charge is 2.30. The van der Waals surface area contributed by atoms with Crippen LogP contribution in [0, 0.1) is 6.92 Å². The van der Waals surface area contributed by atoms with Crippen LogP contribution in [0.2, 0.25) is 0 Å². The number of hydrogen-bond acceptors (Lipinski definition) is 4. The van der Waals surface area contributed by atoms with Crippen LogP contribution in [0.25, 0.3) is 0 Å². The normalized spacial score (nSPS) is 17.8. The molecule has 1 aromatic carbocycles. The van der Waals surface area contributed by atoms with Gasteiger partial charge in [0.25, 0.3) is 5.91 Å². The number of rotatable bonds is 4. The third kappa shape index (κ3) is 2.94. The first-order valence-corrected chi connectivity index (χ1v) is 6.76. The zero-order chi connectivity index (χ0) is 15.6. The Kier molecular flexibility index (Phi) is 4.35. The maximum absolute atomic E-state index is 12.3. The molecule has 0 aliphatic carbocycles. The van der Waals surface area contributed by atoms with E-state index in [1.54, 1.807) is 38.3 Å². The number of carbonyl (C=O) groups excluding carboxylic acids is 2. The molecule has 6 heteroatoms. The number of amides is 2. The molecule has 114 valence electrons. The molecule has 1 saturated heterocycles. The lowest BCUT2D eigenvalue weighted by Gasteiger charge is -2.15. The summed E-state index contributed by atoms with van der Waals surface area (Å²) >= 11 is 0. The lowest BCUT2D eigenvalue weighted by Crippen LogP contribution is -2.40. The summed E-state index contributed by atoms with van der Waals surface area (Å²) in [6, 6.07) is 2.84. The van der Waals surface area contributed by atoms with Gasteiger partial charge >= 0.3 is 0 Å².